The third-order valence-corrected chi connectivity index (χ3v) is 8.29. The van der Waals surface area contributed by atoms with Crippen molar-refractivity contribution in [2.45, 2.75) is 53.5 Å². The Morgan fingerprint density at radius 2 is 1.68 bits per heavy atom. The Kier molecular flexibility index (Phi) is 10.2. The van der Waals surface area contributed by atoms with Crippen LogP contribution in [0.25, 0.3) is 10.9 Å². The van der Waals surface area contributed by atoms with E-state index in [1.165, 1.54) is 18.2 Å². The summed E-state index contributed by atoms with van der Waals surface area (Å²) in [7, 11) is 0. The van der Waals surface area contributed by atoms with Gasteiger partial charge >= 0.3 is 0 Å². The number of piperidine rings is 1. The minimum atomic E-state index is -0.597. The number of allylic oxidation sites excluding steroid dienone is 2. The van der Waals surface area contributed by atoms with Gasteiger partial charge in [-0.3, -0.25) is 14.4 Å². The van der Waals surface area contributed by atoms with Crippen molar-refractivity contribution >= 4 is 40.0 Å². The van der Waals surface area contributed by atoms with Crippen LogP contribution in [-0.4, -0.2) is 64.6 Å². The van der Waals surface area contributed by atoms with Gasteiger partial charge in [-0.25, -0.2) is 4.39 Å². The summed E-state index contributed by atoms with van der Waals surface area (Å²) in [5, 5.41) is 0.886. The minimum Gasteiger partial charge on any atom is -0.345 e. The molecule has 0 saturated carbocycles. The number of Topliss-reactive ketones (excluding diaryl/α,β-unsaturated/α-hetero) is 1. The molecule has 1 amide bonds. The topological polar surface area (TPSA) is 62.6 Å². The van der Waals surface area contributed by atoms with Gasteiger partial charge in [0.15, 0.2) is 0 Å². The number of rotatable bonds is 11. The van der Waals surface area contributed by atoms with E-state index in [2.05, 4.69) is 18.7 Å². The number of hydrogen-bond acceptors (Lipinski definition) is 4. The maximum absolute atomic E-state index is 13.7. The van der Waals surface area contributed by atoms with Gasteiger partial charge in [0.2, 0.25) is 11.6 Å². The monoisotopic (exact) mass is 579 g/mol. The number of likely N-dealkylation sites (N-methyl/N-ethyl adjacent to an activating group) is 1. The first kappa shape index (κ1) is 30.7. The van der Waals surface area contributed by atoms with E-state index in [1.54, 1.807) is 37.1 Å². The van der Waals surface area contributed by atoms with E-state index < -0.39 is 11.6 Å². The van der Waals surface area contributed by atoms with Crippen molar-refractivity contribution in [3.63, 3.8) is 0 Å². The van der Waals surface area contributed by atoms with Gasteiger partial charge in [-0.05, 0) is 88.0 Å². The van der Waals surface area contributed by atoms with Crippen molar-refractivity contribution in [2.75, 3.05) is 32.7 Å². The van der Waals surface area contributed by atoms with Gasteiger partial charge in [0, 0.05) is 37.8 Å². The molecule has 1 aromatic heterocycles. The first-order chi connectivity index (χ1) is 19.6. The van der Waals surface area contributed by atoms with Crippen molar-refractivity contribution in [1.29, 1.82) is 0 Å². The van der Waals surface area contributed by atoms with E-state index in [0.717, 1.165) is 55.5 Å². The second-order valence-electron chi connectivity index (χ2n) is 11.1. The van der Waals surface area contributed by atoms with Gasteiger partial charge < -0.3 is 14.4 Å². The maximum atomic E-state index is 13.7. The van der Waals surface area contributed by atoms with E-state index in [1.807, 2.05) is 16.7 Å². The zero-order valence-corrected chi connectivity index (χ0v) is 25.1. The van der Waals surface area contributed by atoms with Gasteiger partial charge in [-0.2, -0.15) is 0 Å². The molecule has 1 aliphatic rings. The van der Waals surface area contributed by atoms with Crippen molar-refractivity contribution in [3.05, 3.63) is 81.8 Å². The van der Waals surface area contributed by atoms with Crippen LogP contribution < -0.4 is 0 Å². The number of hydrogen-bond donors (Lipinski definition) is 0. The Balaban J connectivity index is 1.59. The van der Waals surface area contributed by atoms with Gasteiger partial charge in [0.25, 0.3) is 5.91 Å². The van der Waals surface area contributed by atoms with Gasteiger partial charge in [0.05, 0.1) is 21.7 Å². The average molecular weight is 580 g/mol. The molecule has 4 rings (SSSR count). The quantitative estimate of drug-likeness (QED) is 0.146. The van der Waals surface area contributed by atoms with Crippen molar-refractivity contribution < 1.29 is 18.8 Å². The molecule has 0 N–H and O–H groups in total. The molecule has 2 aromatic carbocycles. The molecule has 1 fully saturated rings. The highest BCUT2D eigenvalue weighted by Crippen LogP contribution is 2.31. The smallest absolute Gasteiger partial charge is 0.255 e. The van der Waals surface area contributed by atoms with Crippen LogP contribution in [0.15, 0.2) is 54.2 Å². The number of aromatic nitrogens is 1. The summed E-state index contributed by atoms with van der Waals surface area (Å²) in [6.45, 7) is 12.1. The van der Waals surface area contributed by atoms with Crippen LogP contribution in [0.2, 0.25) is 5.02 Å². The summed E-state index contributed by atoms with van der Waals surface area (Å²) in [6, 6.07) is 10.0. The molecule has 41 heavy (non-hydrogen) atoms. The minimum absolute atomic E-state index is 0.179. The number of carbonyl (C=O) groups is 3. The predicted molar refractivity (Wildman–Crippen MR) is 162 cm³/mol. The molecule has 8 heteroatoms. The number of amides is 1. The predicted octanol–water partition coefficient (Wildman–Crippen LogP) is 6.59. The highest BCUT2D eigenvalue weighted by Gasteiger charge is 2.27. The van der Waals surface area contributed by atoms with Crippen LogP contribution in [0.4, 0.5) is 4.39 Å². The standard InChI is InChI=1S/C33H39ClFN3O3/c1-5-36(6-2)15-16-38-21-28(32(40)31(39)17-22(3)4)26-19-27(29(34)20-30(26)38)33(41)37-13-11-24(12-14-37)18-23-7-9-25(35)10-8-23/h7-10,17,19-21,24H,5-6,11-16,18H2,1-4H3. The van der Waals surface area contributed by atoms with E-state index in [0.29, 0.717) is 41.5 Å². The molecule has 2 heterocycles. The summed E-state index contributed by atoms with van der Waals surface area (Å²) in [5.74, 6) is -1.19. The first-order valence-electron chi connectivity index (χ1n) is 14.4. The molecule has 218 valence electrons. The Labute approximate surface area is 246 Å². The van der Waals surface area contributed by atoms with E-state index in [-0.39, 0.29) is 17.3 Å². The third-order valence-electron chi connectivity index (χ3n) is 7.98. The largest absolute Gasteiger partial charge is 0.345 e. The van der Waals surface area contributed by atoms with Crippen molar-refractivity contribution in [1.82, 2.24) is 14.4 Å². The molecule has 0 radical (unpaired) electrons. The molecule has 6 nitrogen and oxygen atoms in total. The Hall–Kier alpha value is -3.29. The zero-order valence-electron chi connectivity index (χ0n) is 24.4. The summed E-state index contributed by atoms with van der Waals surface area (Å²) in [5.41, 5.74) is 3.18. The van der Waals surface area contributed by atoms with Gasteiger partial charge in [-0.15, -0.1) is 0 Å². The molecule has 0 aliphatic carbocycles. The molecule has 1 saturated heterocycles. The van der Waals surface area contributed by atoms with Crippen LogP contribution >= 0.6 is 11.6 Å². The van der Waals surface area contributed by atoms with Crippen molar-refractivity contribution in [2.24, 2.45) is 5.92 Å². The van der Waals surface area contributed by atoms with Crippen LogP contribution in [0.5, 0.6) is 0 Å². The number of fused-ring (bicyclic) bond motifs is 1. The lowest BCUT2D eigenvalue weighted by Crippen LogP contribution is -2.39. The summed E-state index contributed by atoms with van der Waals surface area (Å²) < 4.78 is 15.2. The number of ketones is 2. The second kappa shape index (κ2) is 13.6. The van der Waals surface area contributed by atoms with Crippen LogP contribution in [0.1, 0.15) is 66.8 Å². The van der Waals surface area contributed by atoms with Crippen LogP contribution in [0, 0.1) is 11.7 Å². The highest BCUT2D eigenvalue weighted by molar-refractivity contribution is 6.49. The molecule has 0 spiro atoms. The number of halogens is 2. The van der Waals surface area contributed by atoms with Crippen LogP contribution in [0.3, 0.4) is 0 Å². The first-order valence-corrected chi connectivity index (χ1v) is 14.8. The lowest BCUT2D eigenvalue weighted by atomic mass is 9.90. The van der Waals surface area contributed by atoms with E-state index >= 15 is 0 Å². The zero-order chi connectivity index (χ0) is 29.7. The fourth-order valence-corrected chi connectivity index (χ4v) is 5.79. The number of nitrogens with zero attached hydrogens (tertiary/aromatic N) is 3. The number of benzene rings is 2. The van der Waals surface area contributed by atoms with Gasteiger partial charge in [-0.1, -0.05) is 43.2 Å². The van der Waals surface area contributed by atoms with Crippen LogP contribution in [-0.2, 0) is 17.8 Å². The van der Waals surface area contributed by atoms with Crippen molar-refractivity contribution in [3.8, 4) is 0 Å². The number of carbonyl (C=O) groups excluding carboxylic acids is 3. The SMILES string of the molecule is CCN(CC)CCn1cc(C(=O)C(=O)C=C(C)C)c2cc(C(=O)N3CCC(Cc4ccc(F)cc4)CC3)c(Cl)cc21. The molecular formula is C33H39ClFN3O3. The lowest BCUT2D eigenvalue weighted by molar-refractivity contribution is -0.111. The molecule has 3 aromatic rings. The fourth-order valence-electron chi connectivity index (χ4n) is 5.55. The Bertz CT molecular complexity index is 1440. The maximum Gasteiger partial charge on any atom is 0.255 e. The normalized spacial score (nSPS) is 14.1. The second-order valence-corrected chi connectivity index (χ2v) is 11.5. The molecule has 0 bridgehead atoms. The third kappa shape index (κ3) is 7.32. The Morgan fingerprint density at radius 3 is 2.29 bits per heavy atom. The Morgan fingerprint density at radius 1 is 1.02 bits per heavy atom. The van der Waals surface area contributed by atoms with Gasteiger partial charge in [0.1, 0.15) is 5.82 Å². The average Bonchev–Trinajstić information content (AvgIpc) is 3.30. The fraction of sp³-hybridized carbons (Fsp3) is 0.424. The summed E-state index contributed by atoms with van der Waals surface area (Å²) >= 11 is 6.71. The lowest BCUT2D eigenvalue weighted by Gasteiger charge is -2.32. The molecule has 1 aliphatic heterocycles. The molecule has 0 unspecified atom stereocenters. The highest BCUT2D eigenvalue weighted by atomic mass is 35.5. The van der Waals surface area contributed by atoms with E-state index in [9.17, 15) is 18.8 Å². The molecule has 0 atom stereocenters. The summed E-state index contributed by atoms with van der Waals surface area (Å²) in [4.78, 5) is 43.7. The van der Waals surface area contributed by atoms with E-state index in [4.69, 9.17) is 11.6 Å². The molecular weight excluding hydrogens is 541 g/mol. The number of likely N-dealkylation sites (tertiary alicyclic amines) is 1. The summed E-state index contributed by atoms with van der Waals surface area (Å²) in [6.07, 6.45) is 5.59.